The van der Waals surface area contributed by atoms with Gasteiger partial charge in [0.1, 0.15) is 11.8 Å². The van der Waals surface area contributed by atoms with Gasteiger partial charge in [-0.05, 0) is 56.6 Å². The number of amides is 1. The molecule has 1 N–H and O–H groups in total. The van der Waals surface area contributed by atoms with Crippen LogP contribution in [0, 0.1) is 0 Å². The normalized spacial score (nSPS) is 17.2. The molecule has 0 spiro atoms. The van der Waals surface area contributed by atoms with Gasteiger partial charge in [-0.15, -0.1) is 0 Å². The molecular weight excluding hydrogens is 316 g/mol. The average Bonchev–Trinajstić information content (AvgIpc) is 3.35. The minimum Gasteiger partial charge on any atom is -0.497 e. The third-order valence-corrected chi connectivity index (χ3v) is 4.83. The summed E-state index contributed by atoms with van der Waals surface area (Å²) in [5, 5.41) is 7.25. The molecule has 2 heterocycles. The van der Waals surface area contributed by atoms with Crippen molar-refractivity contribution in [2.45, 2.75) is 31.8 Å². The third kappa shape index (κ3) is 4.20. The molecule has 0 radical (unpaired) electrons. The Morgan fingerprint density at radius 1 is 1.32 bits per heavy atom. The second-order valence-corrected chi connectivity index (χ2v) is 6.44. The van der Waals surface area contributed by atoms with E-state index in [1.165, 1.54) is 18.4 Å². The van der Waals surface area contributed by atoms with Crippen LogP contribution in [0.25, 0.3) is 0 Å². The van der Waals surface area contributed by atoms with Gasteiger partial charge in [-0.25, -0.2) is 0 Å². The highest BCUT2D eigenvalue weighted by atomic mass is 16.5. The number of rotatable bonds is 7. The molecule has 6 nitrogen and oxygen atoms in total. The number of hydrogen-bond donors (Lipinski definition) is 1. The van der Waals surface area contributed by atoms with Crippen molar-refractivity contribution in [3.05, 3.63) is 48.3 Å². The Labute approximate surface area is 148 Å². The molecule has 1 saturated heterocycles. The highest BCUT2D eigenvalue weighted by Crippen LogP contribution is 2.27. The Morgan fingerprint density at radius 3 is 2.80 bits per heavy atom. The Balaban J connectivity index is 1.70. The Hall–Kier alpha value is -2.34. The molecule has 6 heteroatoms. The molecule has 1 fully saturated rings. The van der Waals surface area contributed by atoms with Crippen LogP contribution in [-0.2, 0) is 4.79 Å². The fourth-order valence-electron chi connectivity index (χ4n) is 3.33. The van der Waals surface area contributed by atoms with Crippen molar-refractivity contribution >= 4 is 5.91 Å². The van der Waals surface area contributed by atoms with Gasteiger partial charge in [-0.3, -0.25) is 14.4 Å². The van der Waals surface area contributed by atoms with E-state index >= 15 is 0 Å². The zero-order valence-corrected chi connectivity index (χ0v) is 14.9. The summed E-state index contributed by atoms with van der Waals surface area (Å²) in [6.45, 7) is 4.56. The van der Waals surface area contributed by atoms with E-state index in [0.717, 1.165) is 18.8 Å². The standard InChI is InChI=1S/C19H26N4O2/c1-15(23-12-6-9-21-23)19(24)20-14-18(22-10-3-4-11-22)16-7-5-8-17(13-16)25-2/h5-9,12-13,15,18H,3-4,10-11,14H2,1-2H3,(H,20,24)/t15-,18+/m0/s1. The highest BCUT2D eigenvalue weighted by molar-refractivity contribution is 5.79. The first-order valence-electron chi connectivity index (χ1n) is 8.84. The van der Waals surface area contributed by atoms with E-state index in [2.05, 4.69) is 27.4 Å². The molecule has 1 aromatic carbocycles. The second kappa shape index (κ2) is 8.16. The monoisotopic (exact) mass is 342 g/mol. The van der Waals surface area contributed by atoms with Crippen LogP contribution in [0.1, 0.15) is 37.4 Å². The van der Waals surface area contributed by atoms with Crippen LogP contribution in [0.2, 0.25) is 0 Å². The van der Waals surface area contributed by atoms with Crippen LogP contribution in [-0.4, -0.2) is 47.3 Å². The van der Waals surface area contributed by atoms with Gasteiger partial charge < -0.3 is 10.1 Å². The lowest BCUT2D eigenvalue weighted by Crippen LogP contribution is -2.39. The van der Waals surface area contributed by atoms with Crippen LogP contribution in [0.4, 0.5) is 0 Å². The van der Waals surface area contributed by atoms with Gasteiger partial charge >= 0.3 is 0 Å². The molecule has 1 aromatic heterocycles. The van der Waals surface area contributed by atoms with E-state index in [1.807, 2.05) is 31.3 Å². The van der Waals surface area contributed by atoms with Crippen molar-refractivity contribution in [1.82, 2.24) is 20.0 Å². The molecule has 0 saturated carbocycles. The maximum absolute atomic E-state index is 12.5. The minimum atomic E-state index is -0.320. The second-order valence-electron chi connectivity index (χ2n) is 6.44. The predicted octanol–water partition coefficient (Wildman–Crippen LogP) is 2.41. The third-order valence-electron chi connectivity index (χ3n) is 4.83. The van der Waals surface area contributed by atoms with E-state index in [4.69, 9.17) is 4.74 Å². The lowest BCUT2D eigenvalue weighted by atomic mass is 10.0. The van der Waals surface area contributed by atoms with E-state index in [0.29, 0.717) is 6.54 Å². The summed E-state index contributed by atoms with van der Waals surface area (Å²) in [6, 6.07) is 9.79. The van der Waals surface area contributed by atoms with E-state index in [-0.39, 0.29) is 18.0 Å². The average molecular weight is 342 g/mol. The number of carbonyl (C=O) groups excluding carboxylic acids is 1. The van der Waals surface area contributed by atoms with Gasteiger partial charge in [0, 0.05) is 18.9 Å². The SMILES string of the molecule is COc1cccc([C@@H](CNC(=O)[C@H](C)n2cccn2)N2CCCC2)c1. The predicted molar refractivity (Wildman–Crippen MR) is 96.5 cm³/mol. The molecule has 1 aliphatic rings. The summed E-state index contributed by atoms with van der Waals surface area (Å²) in [5.74, 6) is 0.828. The lowest BCUT2D eigenvalue weighted by molar-refractivity contribution is -0.124. The number of ether oxygens (including phenoxy) is 1. The number of nitrogens with one attached hydrogen (secondary N) is 1. The summed E-state index contributed by atoms with van der Waals surface area (Å²) in [6.07, 6.45) is 5.91. The first kappa shape index (κ1) is 17.5. The van der Waals surface area contributed by atoms with Crippen LogP contribution in [0.15, 0.2) is 42.7 Å². The first-order chi connectivity index (χ1) is 12.2. The fourth-order valence-corrected chi connectivity index (χ4v) is 3.33. The molecule has 1 amide bonds. The number of methoxy groups -OCH3 is 1. The van der Waals surface area contributed by atoms with Crippen molar-refractivity contribution in [3.8, 4) is 5.75 Å². The molecule has 3 rings (SSSR count). The molecule has 0 aliphatic carbocycles. The zero-order chi connectivity index (χ0) is 17.6. The van der Waals surface area contributed by atoms with Crippen LogP contribution in [0.3, 0.4) is 0 Å². The fraction of sp³-hybridized carbons (Fsp3) is 0.474. The number of aromatic nitrogens is 2. The van der Waals surface area contributed by atoms with Crippen LogP contribution in [0.5, 0.6) is 5.75 Å². The van der Waals surface area contributed by atoms with E-state index in [9.17, 15) is 4.79 Å². The molecule has 1 aliphatic heterocycles. The van der Waals surface area contributed by atoms with Crippen molar-refractivity contribution in [3.63, 3.8) is 0 Å². The van der Waals surface area contributed by atoms with Gasteiger partial charge in [-0.2, -0.15) is 5.10 Å². The quantitative estimate of drug-likeness (QED) is 0.839. The van der Waals surface area contributed by atoms with Gasteiger partial charge in [0.15, 0.2) is 0 Å². The summed E-state index contributed by atoms with van der Waals surface area (Å²) in [5.41, 5.74) is 1.17. The smallest absolute Gasteiger partial charge is 0.244 e. The number of carbonyl (C=O) groups is 1. The lowest BCUT2D eigenvalue weighted by Gasteiger charge is -2.29. The van der Waals surface area contributed by atoms with Crippen molar-refractivity contribution < 1.29 is 9.53 Å². The summed E-state index contributed by atoms with van der Waals surface area (Å²) in [7, 11) is 1.68. The van der Waals surface area contributed by atoms with E-state index in [1.54, 1.807) is 18.0 Å². The molecule has 25 heavy (non-hydrogen) atoms. The molecule has 2 aromatic rings. The molecule has 2 atom stereocenters. The van der Waals surface area contributed by atoms with Crippen molar-refractivity contribution in [1.29, 1.82) is 0 Å². The number of likely N-dealkylation sites (tertiary alicyclic amines) is 1. The highest BCUT2D eigenvalue weighted by Gasteiger charge is 2.25. The Kier molecular flexibility index (Phi) is 5.71. The summed E-state index contributed by atoms with van der Waals surface area (Å²) in [4.78, 5) is 14.9. The Bertz CT molecular complexity index is 680. The van der Waals surface area contributed by atoms with Crippen LogP contribution < -0.4 is 10.1 Å². The van der Waals surface area contributed by atoms with Crippen LogP contribution >= 0.6 is 0 Å². The molecule has 0 unspecified atom stereocenters. The largest absolute Gasteiger partial charge is 0.497 e. The van der Waals surface area contributed by atoms with Gasteiger partial charge in [0.2, 0.25) is 5.91 Å². The minimum absolute atomic E-state index is 0.0178. The molecule has 0 bridgehead atoms. The molecular formula is C19H26N4O2. The Morgan fingerprint density at radius 2 is 2.12 bits per heavy atom. The topological polar surface area (TPSA) is 59.4 Å². The zero-order valence-electron chi connectivity index (χ0n) is 14.9. The maximum atomic E-state index is 12.5. The number of hydrogen-bond acceptors (Lipinski definition) is 4. The number of benzene rings is 1. The van der Waals surface area contributed by atoms with Crippen molar-refractivity contribution in [2.24, 2.45) is 0 Å². The molecule has 134 valence electrons. The summed E-state index contributed by atoms with van der Waals surface area (Å²) >= 11 is 0. The number of nitrogens with zero attached hydrogens (tertiary/aromatic N) is 3. The first-order valence-corrected chi connectivity index (χ1v) is 8.84. The van der Waals surface area contributed by atoms with E-state index < -0.39 is 0 Å². The van der Waals surface area contributed by atoms with Crippen molar-refractivity contribution in [2.75, 3.05) is 26.7 Å². The van der Waals surface area contributed by atoms with Gasteiger partial charge in [-0.1, -0.05) is 12.1 Å². The summed E-state index contributed by atoms with van der Waals surface area (Å²) < 4.78 is 7.04. The van der Waals surface area contributed by atoms with Gasteiger partial charge in [0.05, 0.1) is 13.2 Å². The van der Waals surface area contributed by atoms with Gasteiger partial charge in [0.25, 0.3) is 0 Å². The maximum Gasteiger partial charge on any atom is 0.244 e.